The number of benzene rings is 1. The van der Waals surface area contributed by atoms with Crippen LogP contribution < -0.4 is 0 Å². The Balaban J connectivity index is 2.28. The van der Waals surface area contributed by atoms with Crippen molar-refractivity contribution in [1.29, 1.82) is 0 Å². The lowest BCUT2D eigenvalue weighted by Crippen LogP contribution is -2.04. The molecule has 1 aromatic heterocycles. The van der Waals surface area contributed by atoms with Gasteiger partial charge in [0.05, 0.1) is 10.7 Å². The van der Waals surface area contributed by atoms with Gasteiger partial charge in [0, 0.05) is 28.2 Å². The molecule has 2 rings (SSSR count). The van der Waals surface area contributed by atoms with Gasteiger partial charge in [-0.1, -0.05) is 29.3 Å². The number of ketones is 1. The van der Waals surface area contributed by atoms with Crippen LogP contribution in [0.2, 0.25) is 10.2 Å². The molecule has 2 aromatic rings. The van der Waals surface area contributed by atoms with Gasteiger partial charge in [-0.2, -0.15) is 5.10 Å². The second kappa shape index (κ2) is 5.81. The van der Waals surface area contributed by atoms with Crippen LogP contribution in [0.4, 0.5) is 0 Å². The van der Waals surface area contributed by atoms with E-state index in [9.17, 15) is 4.79 Å². The topological polar surface area (TPSA) is 34.9 Å². The number of carbonyl (C=O) groups excluding carboxylic acids is 1. The molecule has 6 heteroatoms. The number of hydrogen-bond donors (Lipinski definition) is 0. The van der Waals surface area contributed by atoms with Crippen LogP contribution in [0.15, 0.2) is 18.2 Å². The summed E-state index contributed by atoms with van der Waals surface area (Å²) in [7, 11) is 1.76. The van der Waals surface area contributed by atoms with Crippen LogP contribution in [-0.4, -0.2) is 15.6 Å². The Morgan fingerprint density at radius 3 is 2.63 bits per heavy atom. The summed E-state index contributed by atoms with van der Waals surface area (Å²) in [5.41, 5.74) is 2.13. The van der Waals surface area contributed by atoms with Crippen molar-refractivity contribution in [3.05, 3.63) is 48.8 Å². The lowest BCUT2D eigenvalue weighted by molar-refractivity contribution is 0.0992. The van der Waals surface area contributed by atoms with E-state index in [2.05, 4.69) is 27.7 Å². The zero-order valence-corrected chi connectivity index (χ0v) is 14.0. The Labute approximate surface area is 135 Å². The molecule has 0 atom stereocenters. The van der Waals surface area contributed by atoms with Crippen LogP contribution in [0.1, 0.15) is 21.6 Å². The number of nitrogens with zero attached hydrogens (tertiary/aromatic N) is 2. The molecule has 0 saturated carbocycles. The predicted octanol–water partition coefficient (Wildman–Crippen LogP) is 4.07. The molecular formula is C13H11Cl2IN2O. The van der Waals surface area contributed by atoms with Crippen LogP contribution in [0.25, 0.3) is 0 Å². The van der Waals surface area contributed by atoms with Gasteiger partial charge in [0.25, 0.3) is 0 Å². The molecule has 0 bridgehead atoms. The van der Waals surface area contributed by atoms with Crippen molar-refractivity contribution in [3.8, 4) is 0 Å². The first kappa shape index (κ1) is 14.8. The predicted molar refractivity (Wildman–Crippen MR) is 85.2 cm³/mol. The van der Waals surface area contributed by atoms with Gasteiger partial charge in [0.15, 0.2) is 5.78 Å². The average molecular weight is 409 g/mol. The van der Waals surface area contributed by atoms with Crippen LogP contribution in [0.3, 0.4) is 0 Å². The first-order chi connectivity index (χ1) is 8.90. The summed E-state index contributed by atoms with van der Waals surface area (Å²) in [6.45, 7) is 1.84. The Kier molecular flexibility index (Phi) is 4.53. The van der Waals surface area contributed by atoms with Crippen molar-refractivity contribution in [3.63, 3.8) is 0 Å². The van der Waals surface area contributed by atoms with E-state index >= 15 is 0 Å². The van der Waals surface area contributed by atoms with Gasteiger partial charge in [-0.15, -0.1) is 0 Å². The number of Topliss-reactive ketones (excluding diaryl/α,β-unsaturated/α-hetero) is 1. The van der Waals surface area contributed by atoms with E-state index in [0.717, 1.165) is 14.8 Å². The summed E-state index contributed by atoms with van der Waals surface area (Å²) in [5.74, 6) is -0.0173. The standard InChI is InChI=1S/C13H11Cl2IN2O/c1-7-9(13(15)18(2)17-7)6-12(19)8-3-4-11(16)10(14)5-8/h3-5H,6H2,1-2H3. The molecule has 1 heterocycles. The Morgan fingerprint density at radius 1 is 1.42 bits per heavy atom. The quantitative estimate of drug-likeness (QED) is 0.566. The highest BCUT2D eigenvalue weighted by Crippen LogP contribution is 2.23. The van der Waals surface area contributed by atoms with E-state index in [1.54, 1.807) is 23.9 Å². The number of aryl methyl sites for hydroxylation is 2. The fourth-order valence-electron chi connectivity index (χ4n) is 1.81. The van der Waals surface area contributed by atoms with Crippen LogP contribution in [0.5, 0.6) is 0 Å². The second-order valence-corrected chi connectivity index (χ2v) is 6.13. The molecular weight excluding hydrogens is 398 g/mol. The number of halogens is 3. The molecule has 0 amide bonds. The maximum atomic E-state index is 12.2. The van der Waals surface area contributed by atoms with E-state index in [4.69, 9.17) is 23.2 Å². The summed E-state index contributed by atoms with van der Waals surface area (Å²) >= 11 is 14.3. The maximum Gasteiger partial charge on any atom is 0.167 e. The van der Waals surface area contributed by atoms with E-state index in [1.165, 1.54) is 0 Å². The molecule has 0 fully saturated rings. The molecule has 100 valence electrons. The van der Waals surface area contributed by atoms with Crippen molar-refractivity contribution < 1.29 is 4.79 Å². The summed E-state index contributed by atoms with van der Waals surface area (Å²) < 4.78 is 2.49. The van der Waals surface area contributed by atoms with Crippen molar-refractivity contribution in [2.45, 2.75) is 13.3 Å². The zero-order chi connectivity index (χ0) is 14.2. The van der Waals surface area contributed by atoms with Gasteiger partial charge < -0.3 is 0 Å². The van der Waals surface area contributed by atoms with Crippen molar-refractivity contribution >= 4 is 51.6 Å². The molecule has 1 aromatic carbocycles. The third-order valence-electron chi connectivity index (χ3n) is 2.85. The number of carbonyl (C=O) groups is 1. The molecule has 0 unspecified atom stereocenters. The fraction of sp³-hybridized carbons (Fsp3) is 0.231. The minimum absolute atomic E-state index is 0.0173. The molecule has 0 radical (unpaired) electrons. The van der Waals surface area contributed by atoms with E-state index in [1.807, 2.05) is 13.0 Å². The minimum Gasteiger partial charge on any atom is -0.294 e. The van der Waals surface area contributed by atoms with Crippen LogP contribution >= 0.6 is 45.8 Å². The molecule has 0 saturated heterocycles. The third-order valence-corrected chi connectivity index (χ3v) is 4.89. The largest absolute Gasteiger partial charge is 0.294 e. The fourth-order valence-corrected chi connectivity index (χ4v) is 2.56. The van der Waals surface area contributed by atoms with E-state index in [0.29, 0.717) is 15.7 Å². The Bertz CT molecular complexity index is 652. The molecule has 0 aliphatic carbocycles. The summed E-state index contributed by atoms with van der Waals surface area (Å²) in [6, 6.07) is 5.29. The Morgan fingerprint density at radius 2 is 2.11 bits per heavy atom. The van der Waals surface area contributed by atoms with Gasteiger partial charge >= 0.3 is 0 Å². The van der Waals surface area contributed by atoms with Gasteiger partial charge in [0.1, 0.15) is 5.15 Å². The van der Waals surface area contributed by atoms with E-state index in [-0.39, 0.29) is 12.2 Å². The highest BCUT2D eigenvalue weighted by Gasteiger charge is 2.16. The van der Waals surface area contributed by atoms with Crippen molar-refractivity contribution in [1.82, 2.24) is 9.78 Å². The summed E-state index contributed by atoms with van der Waals surface area (Å²) in [6.07, 6.45) is 0.232. The highest BCUT2D eigenvalue weighted by atomic mass is 127. The second-order valence-electron chi connectivity index (χ2n) is 4.21. The number of aromatic nitrogens is 2. The maximum absolute atomic E-state index is 12.2. The molecule has 0 N–H and O–H groups in total. The zero-order valence-electron chi connectivity index (χ0n) is 10.4. The average Bonchev–Trinajstić information content (AvgIpc) is 2.59. The van der Waals surface area contributed by atoms with E-state index < -0.39 is 0 Å². The first-order valence-electron chi connectivity index (χ1n) is 5.56. The van der Waals surface area contributed by atoms with Gasteiger partial charge in [-0.25, -0.2) is 0 Å². The van der Waals surface area contributed by atoms with Gasteiger partial charge in [0.2, 0.25) is 0 Å². The summed E-state index contributed by atoms with van der Waals surface area (Å²) in [5, 5.41) is 5.28. The summed E-state index contributed by atoms with van der Waals surface area (Å²) in [4.78, 5) is 12.2. The van der Waals surface area contributed by atoms with Crippen LogP contribution in [-0.2, 0) is 13.5 Å². The normalized spacial score (nSPS) is 10.8. The van der Waals surface area contributed by atoms with Gasteiger partial charge in [-0.3, -0.25) is 9.48 Å². The van der Waals surface area contributed by atoms with Crippen molar-refractivity contribution in [2.24, 2.45) is 7.05 Å². The smallest absolute Gasteiger partial charge is 0.167 e. The number of hydrogen-bond acceptors (Lipinski definition) is 2. The first-order valence-corrected chi connectivity index (χ1v) is 7.40. The molecule has 0 aliphatic rings. The SMILES string of the molecule is Cc1nn(C)c(Cl)c1CC(=O)c1ccc(I)c(Cl)c1. The minimum atomic E-state index is -0.0173. The molecule has 19 heavy (non-hydrogen) atoms. The van der Waals surface area contributed by atoms with Crippen LogP contribution in [0, 0.1) is 10.5 Å². The van der Waals surface area contributed by atoms with Gasteiger partial charge in [-0.05, 0) is 41.6 Å². The number of rotatable bonds is 3. The molecule has 3 nitrogen and oxygen atoms in total. The monoisotopic (exact) mass is 408 g/mol. The Hall–Kier alpha value is -0.590. The molecule has 0 aliphatic heterocycles. The lowest BCUT2D eigenvalue weighted by Gasteiger charge is -2.03. The highest BCUT2D eigenvalue weighted by molar-refractivity contribution is 14.1. The third kappa shape index (κ3) is 3.12. The lowest BCUT2D eigenvalue weighted by atomic mass is 10.0. The molecule has 0 spiro atoms. The van der Waals surface area contributed by atoms with Crippen molar-refractivity contribution in [2.75, 3.05) is 0 Å².